The number of anilines is 2. The van der Waals surface area contributed by atoms with Crippen LogP contribution in [0.3, 0.4) is 0 Å². The van der Waals surface area contributed by atoms with E-state index in [1.54, 1.807) is 103 Å². The Balaban J connectivity index is 1.33. The number of hydrogen-bond acceptors (Lipinski definition) is 6. The van der Waals surface area contributed by atoms with E-state index in [2.05, 4.69) is 16.0 Å². The van der Waals surface area contributed by atoms with Crippen molar-refractivity contribution < 1.29 is 23.9 Å². The highest BCUT2D eigenvalue weighted by Gasteiger charge is 2.23. The number of nitrogens with one attached hydrogen (secondary N) is 3. The predicted molar refractivity (Wildman–Crippen MR) is 204 cm³/mol. The molecule has 51 heavy (non-hydrogen) atoms. The molecule has 0 heterocycles. The Morgan fingerprint density at radius 3 is 2.16 bits per heavy atom. The van der Waals surface area contributed by atoms with Crippen molar-refractivity contribution in [3.63, 3.8) is 0 Å². The van der Waals surface area contributed by atoms with Gasteiger partial charge in [-0.15, -0.1) is 11.8 Å². The number of carbonyl (C=O) groups is 4. The second-order valence-corrected chi connectivity index (χ2v) is 13.0. The third kappa shape index (κ3) is 10.9. The summed E-state index contributed by atoms with van der Waals surface area (Å²) < 4.78 is 5.28. The van der Waals surface area contributed by atoms with Crippen LogP contribution in [-0.2, 0) is 14.3 Å². The first-order valence-corrected chi connectivity index (χ1v) is 17.6. The van der Waals surface area contributed by atoms with E-state index in [4.69, 9.17) is 16.3 Å². The van der Waals surface area contributed by atoms with Gasteiger partial charge >= 0.3 is 5.97 Å². The quantitative estimate of drug-likeness (QED) is 0.0457. The van der Waals surface area contributed by atoms with Crippen molar-refractivity contribution in [1.82, 2.24) is 5.32 Å². The Labute approximate surface area is 306 Å². The van der Waals surface area contributed by atoms with Crippen molar-refractivity contribution in [3.8, 4) is 0 Å². The molecule has 8 nitrogen and oxygen atoms in total. The van der Waals surface area contributed by atoms with Gasteiger partial charge < -0.3 is 20.7 Å². The van der Waals surface area contributed by atoms with Crippen LogP contribution in [0.1, 0.15) is 56.9 Å². The molecule has 0 saturated carbocycles. The molecule has 3 amide bonds. The van der Waals surface area contributed by atoms with Crippen LogP contribution in [0.15, 0.2) is 144 Å². The number of unbranched alkanes of at least 4 members (excludes halogenated alkanes) is 1. The summed E-state index contributed by atoms with van der Waals surface area (Å²) >= 11 is 7.50. The van der Waals surface area contributed by atoms with Crippen molar-refractivity contribution in [2.45, 2.75) is 29.9 Å². The maximum absolute atomic E-state index is 13.7. The molecule has 0 spiro atoms. The fraction of sp³-hybridized carbons (Fsp3) is 0.122. The van der Waals surface area contributed by atoms with Crippen LogP contribution >= 0.6 is 23.4 Å². The molecule has 5 rings (SSSR count). The minimum absolute atomic E-state index is 0.0194. The maximum Gasteiger partial charge on any atom is 0.338 e. The van der Waals surface area contributed by atoms with E-state index in [9.17, 15) is 19.2 Å². The summed E-state index contributed by atoms with van der Waals surface area (Å²) in [4.78, 5) is 53.5. The lowest BCUT2D eigenvalue weighted by Gasteiger charge is -2.18. The molecule has 0 aliphatic rings. The van der Waals surface area contributed by atoms with Crippen LogP contribution in [-0.4, -0.2) is 30.3 Å². The number of amides is 3. The van der Waals surface area contributed by atoms with Crippen LogP contribution < -0.4 is 16.0 Å². The fourth-order valence-corrected chi connectivity index (χ4v) is 6.16. The van der Waals surface area contributed by atoms with E-state index >= 15 is 0 Å². The highest BCUT2D eigenvalue weighted by atomic mass is 35.5. The van der Waals surface area contributed by atoms with E-state index < -0.39 is 23.0 Å². The molecule has 0 aliphatic heterocycles. The Bertz CT molecular complexity index is 2000. The first-order valence-electron chi connectivity index (χ1n) is 16.3. The zero-order valence-electron chi connectivity index (χ0n) is 27.8. The van der Waals surface area contributed by atoms with E-state index in [1.165, 1.54) is 11.8 Å². The molecule has 0 aliphatic carbocycles. The molecular weight excluding hydrogens is 682 g/mol. The van der Waals surface area contributed by atoms with Crippen LogP contribution in [0.5, 0.6) is 0 Å². The average molecular weight is 718 g/mol. The molecule has 1 unspecified atom stereocenters. The summed E-state index contributed by atoms with van der Waals surface area (Å²) in [6, 6.07) is 38.6. The standard InChI is InChI=1S/C41H36ClN3O5S/c1-2-3-24-50-41(49)31-20-22-33(23-21-31)43-40(48)37(29-13-6-4-7-14-29)51-35-19-11-18-34(27-35)44-39(47)36(26-28-12-10-17-32(42)25-28)45-38(46)30-15-8-5-9-16-30/h4-23,25-27,37H,2-3,24H2,1H3,(H,43,48)(H,44,47)(H,45,46)/b36-26-. The van der Waals surface area contributed by atoms with Gasteiger partial charge in [-0.3, -0.25) is 14.4 Å². The number of ether oxygens (including phenoxy) is 1. The summed E-state index contributed by atoms with van der Waals surface area (Å²) in [5.41, 5.74) is 3.22. The second kappa shape index (κ2) is 18.4. The van der Waals surface area contributed by atoms with E-state index in [-0.39, 0.29) is 11.6 Å². The molecule has 5 aromatic carbocycles. The zero-order chi connectivity index (χ0) is 36.0. The molecule has 0 radical (unpaired) electrons. The van der Waals surface area contributed by atoms with Crippen LogP contribution in [0, 0.1) is 0 Å². The van der Waals surface area contributed by atoms with Gasteiger partial charge in [-0.05, 0) is 90.4 Å². The largest absolute Gasteiger partial charge is 0.462 e. The van der Waals surface area contributed by atoms with Crippen LogP contribution in [0.25, 0.3) is 6.08 Å². The van der Waals surface area contributed by atoms with Gasteiger partial charge in [-0.2, -0.15) is 0 Å². The average Bonchev–Trinajstić information content (AvgIpc) is 3.14. The molecule has 0 aromatic heterocycles. The third-order valence-electron chi connectivity index (χ3n) is 7.49. The van der Waals surface area contributed by atoms with Crippen molar-refractivity contribution in [1.29, 1.82) is 0 Å². The molecule has 0 bridgehead atoms. The van der Waals surface area contributed by atoms with E-state index in [0.717, 1.165) is 23.3 Å². The summed E-state index contributed by atoms with van der Waals surface area (Å²) in [6.07, 6.45) is 3.27. The summed E-state index contributed by atoms with van der Waals surface area (Å²) in [7, 11) is 0. The topological polar surface area (TPSA) is 114 Å². The fourth-order valence-electron chi connectivity index (χ4n) is 4.88. The Hall–Kier alpha value is -5.64. The third-order valence-corrected chi connectivity index (χ3v) is 8.98. The number of halogens is 1. The molecular formula is C41H36ClN3O5S. The van der Waals surface area contributed by atoms with Gasteiger partial charge in [0.05, 0.1) is 12.2 Å². The second-order valence-electron chi connectivity index (χ2n) is 11.4. The van der Waals surface area contributed by atoms with Gasteiger partial charge in [-0.1, -0.05) is 91.7 Å². The molecule has 1 atom stereocenters. The number of benzene rings is 5. The summed E-state index contributed by atoms with van der Waals surface area (Å²) in [5.74, 6) is -1.66. The van der Waals surface area contributed by atoms with Crippen LogP contribution in [0.4, 0.5) is 11.4 Å². The first-order chi connectivity index (χ1) is 24.8. The molecule has 3 N–H and O–H groups in total. The number of rotatable bonds is 14. The summed E-state index contributed by atoms with van der Waals surface area (Å²) in [6.45, 7) is 2.38. The molecule has 258 valence electrons. The van der Waals surface area contributed by atoms with Gasteiger partial charge in [0.25, 0.3) is 11.8 Å². The lowest BCUT2D eigenvalue weighted by atomic mass is 10.1. The SMILES string of the molecule is CCCCOC(=O)c1ccc(NC(=O)C(Sc2cccc(NC(=O)/C(=C/c3cccc(Cl)c3)NC(=O)c3ccccc3)c2)c2ccccc2)cc1. The zero-order valence-corrected chi connectivity index (χ0v) is 29.4. The number of thioether (sulfide) groups is 1. The smallest absolute Gasteiger partial charge is 0.338 e. The Kier molecular flexibility index (Phi) is 13.2. The van der Waals surface area contributed by atoms with Gasteiger partial charge in [-0.25, -0.2) is 4.79 Å². The molecule has 10 heteroatoms. The van der Waals surface area contributed by atoms with Gasteiger partial charge in [0.2, 0.25) is 5.91 Å². The lowest BCUT2D eigenvalue weighted by Crippen LogP contribution is -2.30. The molecule has 0 fully saturated rings. The highest BCUT2D eigenvalue weighted by Crippen LogP contribution is 2.37. The first kappa shape index (κ1) is 36.6. The van der Waals surface area contributed by atoms with Crippen molar-refractivity contribution in [2.24, 2.45) is 0 Å². The maximum atomic E-state index is 13.7. The van der Waals surface area contributed by atoms with Crippen molar-refractivity contribution in [3.05, 3.63) is 166 Å². The Morgan fingerprint density at radius 2 is 1.45 bits per heavy atom. The molecule has 0 saturated heterocycles. The van der Waals surface area contributed by atoms with Gasteiger partial charge in [0.15, 0.2) is 0 Å². The van der Waals surface area contributed by atoms with Gasteiger partial charge in [0.1, 0.15) is 10.9 Å². The number of carbonyl (C=O) groups excluding carboxylic acids is 4. The van der Waals surface area contributed by atoms with Crippen LogP contribution in [0.2, 0.25) is 5.02 Å². The van der Waals surface area contributed by atoms with Crippen molar-refractivity contribution in [2.75, 3.05) is 17.2 Å². The van der Waals surface area contributed by atoms with E-state index in [1.807, 2.05) is 43.3 Å². The summed E-state index contributed by atoms with van der Waals surface area (Å²) in [5, 5.41) is 8.40. The monoisotopic (exact) mass is 717 g/mol. The predicted octanol–water partition coefficient (Wildman–Crippen LogP) is 9.18. The highest BCUT2D eigenvalue weighted by molar-refractivity contribution is 8.00. The minimum atomic E-state index is -0.653. The normalized spacial score (nSPS) is 11.6. The lowest BCUT2D eigenvalue weighted by molar-refractivity contribution is -0.116. The number of esters is 1. The van der Waals surface area contributed by atoms with Crippen molar-refractivity contribution >= 4 is 64.5 Å². The van der Waals surface area contributed by atoms with E-state index in [0.29, 0.717) is 39.7 Å². The van der Waals surface area contributed by atoms with Gasteiger partial charge in [0, 0.05) is 26.9 Å². The molecule has 5 aromatic rings. The minimum Gasteiger partial charge on any atom is -0.462 e. The number of hydrogen-bond donors (Lipinski definition) is 3. The Morgan fingerprint density at radius 1 is 0.745 bits per heavy atom.